The molecule has 0 unspecified atom stereocenters. The van der Waals surface area contributed by atoms with Gasteiger partial charge in [0.05, 0.1) is 24.7 Å². The first-order valence-electron chi connectivity index (χ1n) is 10.8. The number of hydrogen-bond donors (Lipinski definition) is 2. The van der Waals surface area contributed by atoms with Crippen molar-refractivity contribution in [3.8, 4) is 5.75 Å². The Labute approximate surface area is 213 Å². The summed E-state index contributed by atoms with van der Waals surface area (Å²) in [5.74, 6) is 0.559. The number of nitrogens with zero attached hydrogens (tertiary/aromatic N) is 2. The second-order valence-corrected chi connectivity index (χ2v) is 9.34. The quantitative estimate of drug-likeness (QED) is 0.217. The minimum atomic E-state index is -0.815. The monoisotopic (exact) mass is 580 g/mol. The lowest BCUT2D eigenvalue weighted by Gasteiger charge is -2.12. The number of methoxy groups -OCH3 is 1. The van der Waals surface area contributed by atoms with Crippen molar-refractivity contribution in [3.63, 3.8) is 0 Å². The Bertz CT molecular complexity index is 1650. The van der Waals surface area contributed by atoms with Crippen LogP contribution < -0.4 is 21.4 Å². The molecule has 1 amide bonds. The number of anilines is 2. The maximum absolute atomic E-state index is 12.4. The molecule has 2 heterocycles. The number of nitrogens with one attached hydrogen (secondary N) is 1. The van der Waals surface area contributed by atoms with Gasteiger partial charge in [-0.2, -0.15) is 0 Å². The van der Waals surface area contributed by atoms with E-state index in [4.69, 9.17) is 19.9 Å². The van der Waals surface area contributed by atoms with Crippen LogP contribution in [0.2, 0.25) is 0 Å². The van der Waals surface area contributed by atoms with Crippen molar-refractivity contribution in [3.05, 3.63) is 91.3 Å². The molecule has 2 aromatic heterocycles. The van der Waals surface area contributed by atoms with Gasteiger partial charge < -0.3 is 24.8 Å². The molecule has 176 valence electrons. The van der Waals surface area contributed by atoms with Crippen LogP contribution in [0.1, 0.15) is 21.5 Å². The number of fused-ring (bicyclic) bond motifs is 2. The third kappa shape index (κ3) is 4.34. The van der Waals surface area contributed by atoms with Crippen molar-refractivity contribution in [2.24, 2.45) is 5.73 Å². The van der Waals surface area contributed by atoms with Gasteiger partial charge in [0.25, 0.3) is 5.91 Å². The van der Waals surface area contributed by atoms with Crippen molar-refractivity contribution >= 4 is 62.1 Å². The fraction of sp³-hybridized carbons (Fsp3) is 0.115. The number of aryl methyl sites for hydroxylation is 1. The second kappa shape index (κ2) is 9.06. The Morgan fingerprint density at radius 2 is 1.94 bits per heavy atom. The molecule has 0 aliphatic rings. The Morgan fingerprint density at radius 3 is 2.63 bits per heavy atom. The molecule has 0 saturated heterocycles. The Balaban J connectivity index is 1.71. The van der Waals surface area contributed by atoms with Crippen LogP contribution in [0.15, 0.2) is 69.9 Å². The van der Waals surface area contributed by atoms with Gasteiger partial charge in [0, 0.05) is 20.7 Å². The van der Waals surface area contributed by atoms with Gasteiger partial charge in [-0.1, -0.05) is 12.1 Å². The predicted molar refractivity (Wildman–Crippen MR) is 144 cm³/mol. The molecule has 0 aliphatic carbocycles. The maximum Gasteiger partial charge on any atom is 0.349 e. The number of primary amides is 1. The summed E-state index contributed by atoms with van der Waals surface area (Å²) in [6.07, 6.45) is 0. The van der Waals surface area contributed by atoms with E-state index in [1.54, 1.807) is 20.1 Å². The van der Waals surface area contributed by atoms with Gasteiger partial charge in [-0.3, -0.25) is 4.79 Å². The number of carbonyl (C=O) groups excluding carboxylic acids is 1. The first-order valence-corrected chi connectivity index (χ1v) is 11.8. The average molecular weight is 580 g/mol. The summed E-state index contributed by atoms with van der Waals surface area (Å²) >= 11 is 2.29. The zero-order chi connectivity index (χ0) is 24.7. The van der Waals surface area contributed by atoms with Gasteiger partial charge in [0.1, 0.15) is 16.9 Å². The highest BCUT2D eigenvalue weighted by Crippen LogP contribution is 2.30. The molecule has 35 heavy (non-hydrogen) atoms. The number of rotatable bonds is 6. The van der Waals surface area contributed by atoms with Gasteiger partial charge in [-0.05, 0) is 83.1 Å². The third-order valence-electron chi connectivity index (χ3n) is 5.86. The smallest absolute Gasteiger partial charge is 0.349 e. The number of ether oxygens (including phenoxy) is 1. The van der Waals surface area contributed by atoms with E-state index in [-0.39, 0.29) is 5.56 Å². The largest absolute Gasteiger partial charge is 0.497 e. The van der Waals surface area contributed by atoms with E-state index in [9.17, 15) is 9.59 Å². The average Bonchev–Trinajstić information content (AvgIpc) is 3.14. The normalized spacial score (nSPS) is 11.2. The summed E-state index contributed by atoms with van der Waals surface area (Å²) in [4.78, 5) is 29.1. The maximum atomic E-state index is 12.4. The minimum absolute atomic E-state index is 0.147. The molecule has 5 aromatic rings. The molecule has 0 atom stereocenters. The van der Waals surface area contributed by atoms with E-state index in [1.165, 1.54) is 0 Å². The molecule has 0 saturated carbocycles. The Hall–Kier alpha value is -3.86. The van der Waals surface area contributed by atoms with Gasteiger partial charge >= 0.3 is 5.63 Å². The van der Waals surface area contributed by atoms with Gasteiger partial charge in [-0.25, -0.2) is 9.78 Å². The molecule has 0 spiro atoms. The fourth-order valence-corrected chi connectivity index (χ4v) is 4.74. The summed E-state index contributed by atoms with van der Waals surface area (Å²) in [6.45, 7) is 2.23. The van der Waals surface area contributed by atoms with Crippen LogP contribution in [0.4, 0.5) is 11.6 Å². The van der Waals surface area contributed by atoms with Gasteiger partial charge in [0.15, 0.2) is 0 Å². The molecule has 0 radical (unpaired) electrons. The Morgan fingerprint density at radius 1 is 1.17 bits per heavy atom. The van der Waals surface area contributed by atoms with Crippen molar-refractivity contribution < 1.29 is 13.9 Å². The lowest BCUT2D eigenvalue weighted by atomic mass is 10.1. The van der Waals surface area contributed by atoms with Crippen molar-refractivity contribution in [2.75, 3.05) is 12.4 Å². The van der Waals surface area contributed by atoms with Crippen LogP contribution in [0.3, 0.4) is 0 Å². The molecule has 3 aromatic carbocycles. The zero-order valence-corrected chi connectivity index (χ0v) is 21.1. The molecule has 5 rings (SSSR count). The van der Waals surface area contributed by atoms with E-state index >= 15 is 0 Å². The molecule has 8 nitrogen and oxygen atoms in total. The number of halogens is 1. The molecule has 0 fully saturated rings. The summed E-state index contributed by atoms with van der Waals surface area (Å²) in [6, 6.07) is 19.4. The number of aromatic nitrogens is 2. The summed E-state index contributed by atoms with van der Waals surface area (Å²) < 4.78 is 13.9. The van der Waals surface area contributed by atoms with Gasteiger partial charge in [0.2, 0.25) is 5.95 Å². The minimum Gasteiger partial charge on any atom is -0.497 e. The molecule has 0 bridgehead atoms. The first kappa shape index (κ1) is 22.9. The van der Waals surface area contributed by atoms with Crippen LogP contribution in [-0.4, -0.2) is 22.6 Å². The highest BCUT2D eigenvalue weighted by Gasteiger charge is 2.19. The molecule has 9 heteroatoms. The fourth-order valence-electron chi connectivity index (χ4n) is 4.13. The molecular weight excluding hydrogens is 559 g/mol. The summed E-state index contributed by atoms with van der Waals surface area (Å²) in [7, 11) is 1.62. The van der Waals surface area contributed by atoms with E-state index < -0.39 is 11.5 Å². The number of hydrogen-bond acceptors (Lipinski definition) is 6. The third-order valence-corrected chi connectivity index (χ3v) is 6.53. The zero-order valence-electron chi connectivity index (χ0n) is 19.0. The van der Waals surface area contributed by atoms with E-state index in [1.807, 2.05) is 47.0 Å². The number of carbonyl (C=O) groups is 1. The highest BCUT2D eigenvalue weighted by atomic mass is 127. The van der Waals surface area contributed by atoms with Crippen LogP contribution in [0.25, 0.3) is 22.0 Å². The highest BCUT2D eigenvalue weighted by molar-refractivity contribution is 14.1. The topological polar surface area (TPSA) is 112 Å². The number of nitrogens with two attached hydrogens (primary N) is 1. The molecular formula is C26H21IN4O4. The van der Waals surface area contributed by atoms with E-state index in [2.05, 4.69) is 40.0 Å². The lowest BCUT2D eigenvalue weighted by Crippen LogP contribution is -2.22. The first-order chi connectivity index (χ1) is 16.8. The van der Waals surface area contributed by atoms with Crippen LogP contribution >= 0.6 is 22.6 Å². The lowest BCUT2D eigenvalue weighted by molar-refractivity contribution is 0.0996. The number of imidazole rings is 1. The van der Waals surface area contributed by atoms with Crippen molar-refractivity contribution in [2.45, 2.75) is 13.5 Å². The predicted octanol–water partition coefficient (Wildman–Crippen LogP) is 4.96. The standard InChI is InChI=1S/C26H21IN4O4/c1-14-19-11-20-21(12-22(19)35-25(33)23(14)24(28)32)31(13-15-4-3-5-16(27)10-15)26(30-20)29-17-6-8-18(34-2)9-7-17/h3-12H,13H2,1-2H3,(H2,28,32)(H,29,30). The van der Waals surface area contributed by atoms with E-state index in [0.717, 1.165) is 26.1 Å². The van der Waals surface area contributed by atoms with Crippen LogP contribution in [0, 0.1) is 10.5 Å². The van der Waals surface area contributed by atoms with Crippen molar-refractivity contribution in [1.82, 2.24) is 9.55 Å². The molecule has 0 aliphatic heterocycles. The molecule has 3 N–H and O–H groups in total. The summed E-state index contributed by atoms with van der Waals surface area (Å²) in [5.41, 5.74) is 8.76. The van der Waals surface area contributed by atoms with Crippen LogP contribution in [0.5, 0.6) is 5.75 Å². The SMILES string of the molecule is COc1ccc(Nc2nc3cc4c(C)c(C(N)=O)c(=O)oc4cc3n2Cc2cccc(I)c2)cc1. The number of amides is 1. The van der Waals surface area contributed by atoms with Gasteiger partial charge in [-0.15, -0.1) is 0 Å². The number of benzene rings is 3. The second-order valence-electron chi connectivity index (χ2n) is 8.10. The van der Waals surface area contributed by atoms with Crippen LogP contribution in [-0.2, 0) is 6.54 Å². The Kier molecular flexibility index (Phi) is 5.93. The van der Waals surface area contributed by atoms with E-state index in [0.29, 0.717) is 34.5 Å². The van der Waals surface area contributed by atoms with Crippen molar-refractivity contribution in [1.29, 1.82) is 0 Å². The summed E-state index contributed by atoms with van der Waals surface area (Å²) in [5, 5.41) is 4.00.